The minimum Gasteiger partial charge on any atom is -0.354 e. The van der Waals surface area contributed by atoms with Gasteiger partial charge in [-0.05, 0) is 41.8 Å². The van der Waals surface area contributed by atoms with Gasteiger partial charge in [-0.2, -0.15) is 0 Å². The van der Waals surface area contributed by atoms with E-state index in [0.717, 1.165) is 32.6 Å². The van der Waals surface area contributed by atoms with E-state index in [1.54, 1.807) is 18.3 Å². The fourth-order valence-corrected chi connectivity index (χ4v) is 2.46. The summed E-state index contributed by atoms with van der Waals surface area (Å²) in [6, 6.07) is 10.9. The summed E-state index contributed by atoms with van der Waals surface area (Å²) in [6.07, 6.45) is 3.60. The predicted molar refractivity (Wildman–Crippen MR) is 71.1 cm³/mol. The van der Waals surface area contributed by atoms with Crippen molar-refractivity contribution in [2.75, 3.05) is 0 Å². The Morgan fingerprint density at radius 1 is 0.889 bits per heavy atom. The van der Waals surface area contributed by atoms with Crippen LogP contribution in [0.2, 0.25) is 0 Å². The van der Waals surface area contributed by atoms with Gasteiger partial charge in [0, 0.05) is 39.6 Å². The molecule has 2 nitrogen and oxygen atoms in total. The van der Waals surface area contributed by atoms with Gasteiger partial charge < -0.3 is 4.98 Å². The quantitative estimate of drug-likeness (QED) is 0.491. The molecular formula is C15H9FN2. The Hall–Kier alpha value is -2.42. The van der Waals surface area contributed by atoms with E-state index < -0.39 is 0 Å². The van der Waals surface area contributed by atoms with Gasteiger partial charge in [0.2, 0.25) is 0 Å². The molecule has 0 radical (unpaired) electrons. The third kappa shape index (κ3) is 1.24. The van der Waals surface area contributed by atoms with Gasteiger partial charge in [-0.25, -0.2) is 4.39 Å². The number of fused-ring (bicyclic) bond motifs is 4. The lowest BCUT2D eigenvalue weighted by atomic mass is 10.1. The molecule has 4 rings (SSSR count). The van der Waals surface area contributed by atoms with Crippen molar-refractivity contribution in [3.8, 4) is 0 Å². The summed E-state index contributed by atoms with van der Waals surface area (Å²) in [5, 5.41) is 4.14. The number of nitrogens with zero attached hydrogens (tertiary/aromatic N) is 1. The van der Waals surface area contributed by atoms with E-state index in [2.05, 4.69) is 22.1 Å². The number of hydrogen-bond donors (Lipinski definition) is 1. The van der Waals surface area contributed by atoms with Gasteiger partial charge in [0.15, 0.2) is 0 Å². The molecule has 0 aliphatic rings. The number of H-pyrrole nitrogens is 1. The van der Waals surface area contributed by atoms with Crippen LogP contribution in [-0.4, -0.2) is 9.97 Å². The molecule has 0 aliphatic heterocycles. The number of nitrogens with one attached hydrogen (secondary N) is 1. The maximum Gasteiger partial charge on any atom is 0.123 e. The first-order valence-corrected chi connectivity index (χ1v) is 5.76. The minimum absolute atomic E-state index is 0.213. The van der Waals surface area contributed by atoms with Crippen LogP contribution in [0.15, 0.2) is 48.8 Å². The summed E-state index contributed by atoms with van der Waals surface area (Å²) < 4.78 is 13.3. The maximum atomic E-state index is 13.3. The Morgan fingerprint density at radius 3 is 2.72 bits per heavy atom. The molecule has 0 amide bonds. The van der Waals surface area contributed by atoms with E-state index in [-0.39, 0.29) is 5.82 Å². The second-order valence-corrected chi connectivity index (χ2v) is 4.44. The number of benzene rings is 2. The molecule has 86 valence electrons. The third-order valence-corrected chi connectivity index (χ3v) is 3.32. The highest BCUT2D eigenvalue weighted by Crippen LogP contribution is 2.29. The van der Waals surface area contributed by atoms with E-state index >= 15 is 0 Å². The van der Waals surface area contributed by atoms with Crippen molar-refractivity contribution in [2.24, 2.45) is 0 Å². The van der Waals surface area contributed by atoms with Gasteiger partial charge in [0.05, 0.1) is 0 Å². The van der Waals surface area contributed by atoms with Crippen LogP contribution in [-0.2, 0) is 0 Å². The average molecular weight is 236 g/mol. The summed E-state index contributed by atoms with van der Waals surface area (Å²) in [4.78, 5) is 7.43. The molecule has 2 aromatic heterocycles. The predicted octanol–water partition coefficient (Wildman–Crippen LogP) is 4.01. The molecule has 0 bridgehead atoms. The van der Waals surface area contributed by atoms with Crippen molar-refractivity contribution in [3.63, 3.8) is 0 Å². The highest BCUT2D eigenvalue weighted by atomic mass is 19.1. The van der Waals surface area contributed by atoms with Crippen LogP contribution in [0.5, 0.6) is 0 Å². The molecule has 0 saturated heterocycles. The standard InChI is InChI=1S/C15H9FN2/c16-11-1-2-14-13(7-11)12-5-10-8-17-4-3-9(10)6-15(12)18-14/h1-8,18H. The summed E-state index contributed by atoms with van der Waals surface area (Å²) >= 11 is 0. The third-order valence-electron chi connectivity index (χ3n) is 3.32. The summed E-state index contributed by atoms with van der Waals surface area (Å²) in [5.74, 6) is -0.213. The first-order valence-electron chi connectivity index (χ1n) is 5.76. The molecule has 3 heteroatoms. The molecule has 0 atom stereocenters. The highest BCUT2D eigenvalue weighted by Gasteiger charge is 2.06. The van der Waals surface area contributed by atoms with Crippen LogP contribution in [0.4, 0.5) is 4.39 Å². The van der Waals surface area contributed by atoms with Gasteiger partial charge >= 0.3 is 0 Å². The topological polar surface area (TPSA) is 28.7 Å². The van der Waals surface area contributed by atoms with Gasteiger partial charge in [-0.15, -0.1) is 0 Å². The summed E-state index contributed by atoms with van der Waals surface area (Å²) in [7, 11) is 0. The van der Waals surface area contributed by atoms with Crippen LogP contribution in [0.25, 0.3) is 32.6 Å². The van der Waals surface area contributed by atoms with Crippen molar-refractivity contribution >= 4 is 32.6 Å². The van der Waals surface area contributed by atoms with E-state index in [4.69, 9.17) is 0 Å². The lowest BCUT2D eigenvalue weighted by Gasteiger charge is -1.97. The van der Waals surface area contributed by atoms with Crippen molar-refractivity contribution in [1.29, 1.82) is 0 Å². The SMILES string of the molecule is Fc1ccc2[nH]c3cc4ccncc4cc3c2c1. The van der Waals surface area contributed by atoms with Crippen molar-refractivity contribution in [3.05, 3.63) is 54.6 Å². The van der Waals surface area contributed by atoms with Crippen LogP contribution in [0, 0.1) is 5.82 Å². The second-order valence-electron chi connectivity index (χ2n) is 4.44. The van der Waals surface area contributed by atoms with Gasteiger partial charge in [0.1, 0.15) is 5.82 Å². The molecular weight excluding hydrogens is 227 g/mol. The Balaban J connectivity index is 2.25. The molecule has 2 aromatic carbocycles. The largest absolute Gasteiger partial charge is 0.354 e. The first kappa shape index (κ1) is 9.59. The van der Waals surface area contributed by atoms with E-state index in [0.29, 0.717) is 0 Å². The second kappa shape index (κ2) is 3.29. The van der Waals surface area contributed by atoms with E-state index in [9.17, 15) is 4.39 Å². The number of aromatic nitrogens is 2. The molecule has 0 fully saturated rings. The van der Waals surface area contributed by atoms with E-state index in [1.165, 1.54) is 6.07 Å². The van der Waals surface area contributed by atoms with Gasteiger partial charge in [0.25, 0.3) is 0 Å². The van der Waals surface area contributed by atoms with Gasteiger partial charge in [-0.1, -0.05) is 0 Å². The Bertz CT molecular complexity index is 893. The fraction of sp³-hybridized carbons (Fsp3) is 0. The Morgan fingerprint density at radius 2 is 1.78 bits per heavy atom. The number of hydrogen-bond acceptors (Lipinski definition) is 1. The fourth-order valence-electron chi connectivity index (χ4n) is 2.46. The first-order chi connectivity index (χ1) is 8.81. The minimum atomic E-state index is -0.213. The normalized spacial score (nSPS) is 11.6. The van der Waals surface area contributed by atoms with Crippen molar-refractivity contribution in [2.45, 2.75) is 0 Å². The van der Waals surface area contributed by atoms with Crippen molar-refractivity contribution < 1.29 is 4.39 Å². The monoisotopic (exact) mass is 236 g/mol. The lowest BCUT2D eigenvalue weighted by Crippen LogP contribution is -1.76. The molecule has 2 heterocycles. The smallest absolute Gasteiger partial charge is 0.123 e. The number of halogens is 1. The van der Waals surface area contributed by atoms with Gasteiger partial charge in [-0.3, -0.25) is 4.98 Å². The molecule has 0 unspecified atom stereocenters. The molecule has 4 aromatic rings. The Kier molecular flexibility index (Phi) is 1.75. The molecule has 1 N–H and O–H groups in total. The van der Waals surface area contributed by atoms with E-state index in [1.807, 2.05) is 12.3 Å². The van der Waals surface area contributed by atoms with Crippen molar-refractivity contribution in [1.82, 2.24) is 9.97 Å². The molecule has 0 saturated carbocycles. The average Bonchev–Trinajstić information content (AvgIpc) is 2.73. The molecule has 0 aliphatic carbocycles. The van der Waals surface area contributed by atoms with Crippen LogP contribution >= 0.6 is 0 Å². The van der Waals surface area contributed by atoms with Crippen LogP contribution < -0.4 is 0 Å². The number of pyridine rings is 1. The van der Waals surface area contributed by atoms with Crippen LogP contribution in [0.1, 0.15) is 0 Å². The Labute approximate surface area is 102 Å². The zero-order valence-corrected chi connectivity index (χ0v) is 9.44. The van der Waals surface area contributed by atoms with Crippen LogP contribution in [0.3, 0.4) is 0 Å². The number of rotatable bonds is 0. The lowest BCUT2D eigenvalue weighted by molar-refractivity contribution is 0.630. The zero-order chi connectivity index (χ0) is 12.1. The zero-order valence-electron chi connectivity index (χ0n) is 9.44. The molecule has 18 heavy (non-hydrogen) atoms. The number of aromatic amines is 1. The summed E-state index contributed by atoms with van der Waals surface area (Å²) in [5.41, 5.74) is 1.98. The summed E-state index contributed by atoms with van der Waals surface area (Å²) in [6.45, 7) is 0. The maximum absolute atomic E-state index is 13.3. The molecule has 0 spiro atoms. The highest BCUT2D eigenvalue weighted by molar-refractivity contribution is 6.11.